The Morgan fingerprint density at radius 1 is 0.538 bits per heavy atom. The zero-order valence-electron chi connectivity index (χ0n) is 12.8. The quantitative estimate of drug-likeness (QED) is 0.809. The van der Waals surface area contributed by atoms with Crippen molar-refractivity contribution >= 4 is 23.2 Å². The Morgan fingerprint density at radius 2 is 0.846 bits per heavy atom. The molecule has 0 fully saturated rings. The van der Waals surface area contributed by atoms with E-state index in [0.29, 0.717) is 12.1 Å². The van der Waals surface area contributed by atoms with E-state index in [1.807, 2.05) is 0 Å². The highest BCUT2D eigenvalue weighted by Crippen LogP contribution is 2.37. The molecule has 0 bridgehead atoms. The third-order valence-corrected chi connectivity index (χ3v) is 3.98. The summed E-state index contributed by atoms with van der Waals surface area (Å²) in [6.45, 7) is 0. The molecule has 0 atom stereocenters. The van der Waals surface area contributed by atoms with E-state index in [4.69, 9.17) is 0 Å². The van der Waals surface area contributed by atoms with Crippen molar-refractivity contribution in [2.45, 2.75) is 0 Å². The first-order valence-electron chi connectivity index (χ1n) is 7.38. The average molecular weight is 360 g/mol. The summed E-state index contributed by atoms with van der Waals surface area (Å²) in [7, 11) is 0. The van der Waals surface area contributed by atoms with Crippen molar-refractivity contribution < 1.29 is 27.2 Å². The lowest BCUT2D eigenvalue weighted by Crippen LogP contribution is -2.21. The summed E-state index contributed by atoms with van der Waals surface area (Å²) in [6.07, 6.45) is 0. The predicted octanol–water partition coefficient (Wildman–Crippen LogP) is 2.62. The Morgan fingerprint density at radius 3 is 1.15 bits per heavy atom. The summed E-state index contributed by atoms with van der Waals surface area (Å²) in [4.78, 5) is 24.7. The van der Waals surface area contributed by atoms with Gasteiger partial charge < -0.3 is 10.6 Å². The van der Waals surface area contributed by atoms with Crippen molar-refractivity contribution in [3.8, 4) is 0 Å². The van der Waals surface area contributed by atoms with E-state index in [-0.39, 0.29) is 33.7 Å². The van der Waals surface area contributed by atoms with Crippen molar-refractivity contribution in [3.63, 3.8) is 0 Å². The van der Waals surface area contributed by atoms with Crippen molar-refractivity contribution in [2.24, 2.45) is 0 Å². The number of amides is 2. The van der Waals surface area contributed by atoms with Gasteiger partial charge in [-0.25, -0.2) is 17.6 Å². The number of hydrogen-bond donors (Lipinski definition) is 2. The number of carbonyl (C=O) groups is 2. The average Bonchev–Trinajstić information content (AvgIpc) is 3.05. The molecule has 0 saturated heterocycles. The minimum atomic E-state index is -0.884. The molecule has 2 aromatic carbocycles. The highest BCUT2D eigenvalue weighted by atomic mass is 19.1. The Hall–Kier alpha value is -3.42. The largest absolute Gasteiger partial charge is 0.321 e. The Labute approximate surface area is 143 Å². The second-order valence-corrected chi connectivity index (χ2v) is 5.72. The van der Waals surface area contributed by atoms with Gasteiger partial charge in [0.15, 0.2) is 0 Å². The molecule has 4 rings (SSSR count). The molecule has 2 aliphatic rings. The smallest absolute Gasteiger partial charge is 0.258 e. The maximum absolute atomic E-state index is 13.5. The number of halogens is 4. The Bertz CT molecular complexity index is 947. The summed E-state index contributed by atoms with van der Waals surface area (Å²) in [5, 5.41) is 4.77. The van der Waals surface area contributed by atoms with Crippen molar-refractivity contribution in [3.05, 3.63) is 81.9 Å². The van der Waals surface area contributed by atoms with Crippen molar-refractivity contribution in [1.82, 2.24) is 10.6 Å². The molecule has 2 heterocycles. The van der Waals surface area contributed by atoms with Gasteiger partial charge in [-0.1, -0.05) is 0 Å². The lowest BCUT2D eigenvalue weighted by molar-refractivity contribution is -0.117. The molecule has 0 saturated carbocycles. The second-order valence-electron chi connectivity index (χ2n) is 5.72. The van der Waals surface area contributed by atoms with E-state index in [1.165, 1.54) is 0 Å². The van der Waals surface area contributed by atoms with Crippen LogP contribution in [0.3, 0.4) is 0 Å². The molecule has 0 radical (unpaired) electrons. The van der Waals surface area contributed by atoms with E-state index >= 15 is 0 Å². The van der Waals surface area contributed by atoms with E-state index < -0.39 is 35.1 Å². The van der Waals surface area contributed by atoms with Crippen LogP contribution in [0.1, 0.15) is 11.1 Å². The zero-order chi connectivity index (χ0) is 18.6. The van der Waals surface area contributed by atoms with E-state index in [0.717, 1.165) is 24.3 Å². The maximum Gasteiger partial charge on any atom is 0.258 e. The van der Waals surface area contributed by atoms with Crippen molar-refractivity contribution in [1.29, 1.82) is 0 Å². The molecule has 2 aromatic rings. The maximum atomic E-state index is 13.5. The first-order chi connectivity index (χ1) is 12.3. The molecular formula is C18H8F4N2O2. The molecular weight excluding hydrogens is 352 g/mol. The van der Waals surface area contributed by atoms with Gasteiger partial charge in [0.1, 0.15) is 23.3 Å². The molecule has 2 aliphatic heterocycles. The SMILES string of the molecule is O=C1NC(c2cc(F)cc(F)c2)=C2C(=O)NC(c3cc(F)cc(F)c3)=C12. The number of rotatable bonds is 2. The van der Waals surface area contributed by atoms with E-state index in [1.54, 1.807) is 0 Å². The number of carbonyl (C=O) groups excluding carboxylic acids is 2. The normalized spacial score (nSPS) is 16.2. The van der Waals surface area contributed by atoms with Crippen LogP contribution in [-0.4, -0.2) is 11.8 Å². The van der Waals surface area contributed by atoms with Gasteiger partial charge in [0.05, 0.1) is 22.5 Å². The van der Waals surface area contributed by atoms with Gasteiger partial charge in [-0.05, 0) is 24.3 Å². The predicted molar refractivity (Wildman–Crippen MR) is 82.8 cm³/mol. The molecule has 2 N–H and O–H groups in total. The fourth-order valence-electron chi connectivity index (χ4n) is 3.01. The van der Waals surface area contributed by atoms with Gasteiger partial charge >= 0.3 is 0 Å². The topological polar surface area (TPSA) is 58.2 Å². The number of hydrogen-bond acceptors (Lipinski definition) is 2. The van der Waals surface area contributed by atoms with Crippen LogP contribution < -0.4 is 10.6 Å². The molecule has 2 amide bonds. The van der Waals surface area contributed by atoms with Crippen LogP contribution in [0.25, 0.3) is 11.4 Å². The third kappa shape index (κ3) is 2.46. The third-order valence-electron chi connectivity index (χ3n) is 3.98. The van der Waals surface area contributed by atoms with Gasteiger partial charge in [-0.2, -0.15) is 0 Å². The van der Waals surface area contributed by atoms with Crippen LogP contribution in [0.5, 0.6) is 0 Å². The molecule has 4 nitrogen and oxygen atoms in total. The van der Waals surface area contributed by atoms with Crippen LogP contribution in [0.2, 0.25) is 0 Å². The summed E-state index contributed by atoms with van der Waals surface area (Å²) >= 11 is 0. The van der Waals surface area contributed by atoms with Crippen LogP contribution in [0.15, 0.2) is 47.5 Å². The van der Waals surface area contributed by atoms with Crippen LogP contribution in [-0.2, 0) is 9.59 Å². The molecule has 0 aromatic heterocycles. The molecule has 0 unspecified atom stereocenters. The number of nitrogens with one attached hydrogen (secondary N) is 2. The lowest BCUT2D eigenvalue weighted by atomic mass is 10.0. The molecule has 26 heavy (non-hydrogen) atoms. The van der Waals surface area contributed by atoms with E-state index in [2.05, 4.69) is 10.6 Å². The minimum absolute atomic E-state index is 0.0392. The standard InChI is InChI=1S/C18H8F4N2O2/c19-9-1-7(2-10(20)5-9)15-13-14(18(26)23-15)16(24-17(13)25)8-3-11(21)6-12(22)4-8/h1-6H,(H,23,26)(H,24,25). The van der Waals surface area contributed by atoms with Crippen LogP contribution >= 0.6 is 0 Å². The summed E-state index contributed by atoms with van der Waals surface area (Å²) in [6, 6.07) is 5.14. The fourth-order valence-corrected chi connectivity index (χ4v) is 3.01. The number of benzene rings is 2. The van der Waals surface area contributed by atoms with Crippen LogP contribution in [0.4, 0.5) is 17.6 Å². The first-order valence-corrected chi connectivity index (χ1v) is 7.38. The lowest BCUT2D eigenvalue weighted by Gasteiger charge is -2.08. The molecule has 8 heteroatoms. The highest BCUT2D eigenvalue weighted by molar-refractivity contribution is 6.30. The minimum Gasteiger partial charge on any atom is -0.321 e. The van der Waals surface area contributed by atoms with Gasteiger partial charge in [-0.15, -0.1) is 0 Å². The monoisotopic (exact) mass is 360 g/mol. The summed E-state index contributed by atoms with van der Waals surface area (Å²) < 4.78 is 53.9. The Kier molecular flexibility index (Phi) is 3.43. The summed E-state index contributed by atoms with van der Waals surface area (Å²) in [5.74, 6) is -4.98. The fraction of sp³-hybridized carbons (Fsp3) is 0. The summed E-state index contributed by atoms with van der Waals surface area (Å²) in [5.41, 5.74) is -0.509. The second kappa shape index (κ2) is 5.55. The number of fused-ring (bicyclic) bond motifs is 1. The molecule has 130 valence electrons. The van der Waals surface area contributed by atoms with Crippen LogP contribution in [0, 0.1) is 23.3 Å². The van der Waals surface area contributed by atoms with Gasteiger partial charge in [0.25, 0.3) is 11.8 Å². The van der Waals surface area contributed by atoms with Gasteiger partial charge in [0, 0.05) is 23.3 Å². The highest BCUT2D eigenvalue weighted by Gasteiger charge is 2.41. The Balaban J connectivity index is 1.93. The first kappa shape index (κ1) is 16.1. The van der Waals surface area contributed by atoms with E-state index in [9.17, 15) is 27.2 Å². The molecule has 0 spiro atoms. The molecule has 0 aliphatic carbocycles. The van der Waals surface area contributed by atoms with Crippen molar-refractivity contribution in [2.75, 3.05) is 0 Å². The van der Waals surface area contributed by atoms with Gasteiger partial charge in [-0.3, -0.25) is 9.59 Å². The zero-order valence-corrected chi connectivity index (χ0v) is 12.8. The van der Waals surface area contributed by atoms with Gasteiger partial charge in [0.2, 0.25) is 0 Å².